The number of hydrogen-bond acceptors (Lipinski definition) is 11. The lowest BCUT2D eigenvalue weighted by Gasteiger charge is -2.26. The first-order valence-corrected chi connectivity index (χ1v) is 24.0. The maximum absolute atomic E-state index is 12.9. The first-order valence-electron chi connectivity index (χ1n) is 24.0. The van der Waals surface area contributed by atoms with Crippen molar-refractivity contribution in [1.29, 1.82) is 0 Å². The summed E-state index contributed by atoms with van der Waals surface area (Å²) in [6, 6.07) is 0. The summed E-state index contributed by atoms with van der Waals surface area (Å²) in [7, 11) is 0. The number of hydrogen-bond donors (Lipinski definition) is 6. The monoisotopic (exact) mass is 951 g/mol. The van der Waals surface area contributed by atoms with E-state index in [-0.39, 0.29) is 35.4 Å². The Kier molecular flexibility index (Phi) is 31.2. The zero-order chi connectivity index (χ0) is 51.4. The molecular weight excluding hydrogens is 869 g/mol. The molecule has 0 amide bonds. The van der Waals surface area contributed by atoms with Crippen LogP contribution in [0.25, 0.3) is 0 Å². The zero-order valence-electron chi connectivity index (χ0n) is 41.4. The highest BCUT2D eigenvalue weighted by Gasteiger charge is 2.29. The van der Waals surface area contributed by atoms with Crippen molar-refractivity contribution in [3.05, 3.63) is 35.5 Å². The van der Waals surface area contributed by atoms with E-state index in [1.54, 1.807) is 13.8 Å². The van der Waals surface area contributed by atoms with Gasteiger partial charge in [0.15, 0.2) is 0 Å². The van der Waals surface area contributed by atoms with Crippen LogP contribution in [0, 0.1) is 47.3 Å². The van der Waals surface area contributed by atoms with Crippen molar-refractivity contribution in [3.8, 4) is 0 Å². The lowest BCUT2D eigenvalue weighted by molar-refractivity contribution is -0.157. The number of aliphatic carboxylic acids is 5. The van der Waals surface area contributed by atoms with Gasteiger partial charge in [-0.2, -0.15) is 0 Å². The number of aliphatic hydroxyl groups excluding tert-OH is 1. The molecule has 6 N–H and O–H groups in total. The number of carboxylic acid groups (broad SMARTS) is 5. The predicted octanol–water partition coefficient (Wildman–Crippen LogP) is 9.31. The first kappa shape index (κ1) is 62.1. The second-order valence-electron chi connectivity index (χ2n) is 19.0. The van der Waals surface area contributed by atoms with Gasteiger partial charge in [0, 0.05) is 18.3 Å². The molecule has 0 saturated carbocycles. The second kappa shape index (κ2) is 33.6. The van der Waals surface area contributed by atoms with Crippen LogP contribution in [0.15, 0.2) is 35.5 Å². The second-order valence-corrected chi connectivity index (χ2v) is 19.0. The molecule has 0 aromatic carbocycles. The lowest BCUT2D eigenvalue weighted by atomic mass is 9.86. The molecule has 0 aromatic rings. The number of carbonyl (C=O) groups is 8. The number of unbranched alkanes of at least 4 members (excludes halogenated alkanes) is 2. The number of ether oxygens (including phenoxy) is 2. The summed E-state index contributed by atoms with van der Waals surface area (Å²) in [5.41, 5.74) is 2.19. The Labute approximate surface area is 397 Å². The molecule has 0 aliphatic rings. The van der Waals surface area contributed by atoms with Crippen molar-refractivity contribution in [1.82, 2.24) is 0 Å². The highest BCUT2D eigenvalue weighted by molar-refractivity contribution is 5.84. The quantitative estimate of drug-likeness (QED) is 0.0191. The maximum atomic E-state index is 12.9. The Balaban J connectivity index is 5.36. The number of esters is 2. The molecule has 0 spiro atoms. The molecular formula is C51H82O16. The molecule has 382 valence electrons. The Morgan fingerprint density at radius 1 is 0.567 bits per heavy atom. The molecule has 0 aromatic heterocycles. The van der Waals surface area contributed by atoms with Crippen LogP contribution in [0.5, 0.6) is 0 Å². The third-order valence-electron chi connectivity index (χ3n) is 12.2. The summed E-state index contributed by atoms with van der Waals surface area (Å²) in [6.45, 7) is 17.2. The molecule has 11 unspecified atom stereocenters. The van der Waals surface area contributed by atoms with Crippen molar-refractivity contribution in [3.63, 3.8) is 0 Å². The van der Waals surface area contributed by atoms with Crippen LogP contribution in [0.1, 0.15) is 171 Å². The van der Waals surface area contributed by atoms with E-state index in [2.05, 4.69) is 19.1 Å². The fourth-order valence-corrected chi connectivity index (χ4v) is 8.17. The first-order chi connectivity index (χ1) is 31.2. The van der Waals surface area contributed by atoms with Crippen LogP contribution >= 0.6 is 0 Å². The highest BCUT2D eigenvalue weighted by Crippen LogP contribution is 2.27. The minimum Gasteiger partial charge on any atom is -0.481 e. The van der Waals surface area contributed by atoms with Gasteiger partial charge >= 0.3 is 41.8 Å². The highest BCUT2D eigenvalue weighted by atomic mass is 16.5. The Hall–Kier alpha value is -4.86. The standard InChI is InChI=1S/C51H82O16/c1-10-39(26-37(8)49(60)61)43(52)22-18-32(3)23-33(4)24-34(5)25-36(7)48(59)35(6)19-21-42(67-47(58)30-41(51(64)65)28-45(55)56)16-14-12-11-13-15-31(2)17-20-38(9)66-46(57)29-40(50(62)63)27-44(53)54/h13,15,23,25,31,33,35-42,48,59H,10-12,14,16-22,24,26-30H2,1-9H3,(H,53,54)(H,55,56)(H,60,61)(H,62,63)(H,64,65)/b15-13+,32-23+,34-25+. The lowest BCUT2D eigenvalue weighted by Crippen LogP contribution is -2.28. The summed E-state index contributed by atoms with van der Waals surface area (Å²) in [6.07, 6.45) is 11.4. The van der Waals surface area contributed by atoms with Crippen LogP contribution < -0.4 is 0 Å². The van der Waals surface area contributed by atoms with Crippen molar-refractivity contribution >= 4 is 47.6 Å². The van der Waals surface area contributed by atoms with Gasteiger partial charge in [-0.25, -0.2) is 0 Å². The Morgan fingerprint density at radius 3 is 1.66 bits per heavy atom. The number of rotatable bonds is 38. The van der Waals surface area contributed by atoms with E-state index >= 15 is 0 Å². The molecule has 0 aliphatic carbocycles. The minimum absolute atomic E-state index is 0.0893. The van der Waals surface area contributed by atoms with E-state index in [9.17, 15) is 58.8 Å². The summed E-state index contributed by atoms with van der Waals surface area (Å²) in [5, 5.41) is 57.3. The van der Waals surface area contributed by atoms with E-state index in [4.69, 9.17) is 19.7 Å². The average Bonchev–Trinajstić information content (AvgIpc) is 3.22. The molecule has 0 aliphatic heterocycles. The third kappa shape index (κ3) is 29.5. The molecule has 0 saturated heterocycles. The number of Topliss-reactive ketones (excluding diaryl/α,β-unsaturated/α-hetero) is 1. The van der Waals surface area contributed by atoms with E-state index < -0.39 is 104 Å². The predicted molar refractivity (Wildman–Crippen MR) is 252 cm³/mol. The van der Waals surface area contributed by atoms with Crippen molar-refractivity contribution in [2.75, 3.05) is 0 Å². The summed E-state index contributed by atoms with van der Waals surface area (Å²) in [4.78, 5) is 94.2. The molecule has 0 fully saturated rings. The molecule has 16 heteroatoms. The number of aliphatic hydroxyl groups is 1. The molecule has 0 rings (SSSR count). The molecule has 11 atom stereocenters. The van der Waals surface area contributed by atoms with E-state index in [1.165, 1.54) is 0 Å². The van der Waals surface area contributed by atoms with Crippen molar-refractivity contribution in [2.45, 2.75) is 190 Å². The summed E-state index contributed by atoms with van der Waals surface area (Å²) >= 11 is 0. The minimum atomic E-state index is -1.43. The van der Waals surface area contributed by atoms with Crippen LogP contribution in [-0.4, -0.2) is 96.5 Å². The van der Waals surface area contributed by atoms with Crippen LogP contribution in [-0.2, 0) is 47.8 Å². The van der Waals surface area contributed by atoms with E-state index in [1.807, 2.05) is 53.7 Å². The number of allylic oxidation sites excluding steroid dienone is 5. The average molecular weight is 951 g/mol. The van der Waals surface area contributed by atoms with Gasteiger partial charge < -0.3 is 40.1 Å². The van der Waals surface area contributed by atoms with E-state index in [0.717, 1.165) is 30.4 Å². The van der Waals surface area contributed by atoms with Gasteiger partial charge in [-0.3, -0.25) is 38.4 Å². The molecule has 67 heavy (non-hydrogen) atoms. The van der Waals surface area contributed by atoms with Crippen LogP contribution in [0.2, 0.25) is 0 Å². The SMILES string of the molecule is CCC(CC(C)C(=O)O)C(=O)CC/C(C)=C/C(C)C/C(C)=C/C(C)C(O)C(C)CCC(CCCC/C=C/C(C)CCC(C)OC(=O)CC(CC(=O)O)C(=O)O)OC(=O)CC(CC(=O)O)C(=O)O. The smallest absolute Gasteiger partial charge is 0.307 e. The fourth-order valence-electron chi connectivity index (χ4n) is 8.17. The summed E-state index contributed by atoms with van der Waals surface area (Å²) < 4.78 is 11.0. The Morgan fingerprint density at radius 2 is 1.13 bits per heavy atom. The number of ketones is 1. The van der Waals surface area contributed by atoms with Crippen LogP contribution in [0.3, 0.4) is 0 Å². The molecule has 16 nitrogen and oxygen atoms in total. The van der Waals surface area contributed by atoms with Gasteiger partial charge in [-0.1, -0.05) is 77.0 Å². The molecule has 0 heterocycles. The zero-order valence-corrected chi connectivity index (χ0v) is 41.4. The fraction of sp³-hybridized carbons (Fsp3) is 0.725. The van der Waals surface area contributed by atoms with Gasteiger partial charge in [-0.05, 0) is 116 Å². The van der Waals surface area contributed by atoms with Gasteiger partial charge in [0.25, 0.3) is 0 Å². The molecule has 0 bridgehead atoms. The van der Waals surface area contributed by atoms with Crippen LogP contribution in [0.4, 0.5) is 0 Å². The van der Waals surface area contributed by atoms with E-state index in [0.29, 0.717) is 64.2 Å². The van der Waals surface area contributed by atoms with Gasteiger partial charge in [0.2, 0.25) is 0 Å². The maximum Gasteiger partial charge on any atom is 0.307 e. The normalized spacial score (nSPS) is 17.2. The number of carbonyl (C=O) groups excluding carboxylic acids is 3. The summed E-state index contributed by atoms with van der Waals surface area (Å²) in [5.74, 6) is -11.5. The Bertz CT molecular complexity index is 1680. The van der Waals surface area contributed by atoms with Crippen molar-refractivity contribution in [2.24, 2.45) is 47.3 Å². The van der Waals surface area contributed by atoms with Gasteiger partial charge in [0.1, 0.15) is 11.9 Å². The number of carboxylic acids is 5. The van der Waals surface area contributed by atoms with Crippen molar-refractivity contribution < 1.29 is 78.5 Å². The third-order valence-corrected chi connectivity index (χ3v) is 12.2. The topological polar surface area (TPSA) is 276 Å². The van der Waals surface area contributed by atoms with Gasteiger partial charge in [0.05, 0.1) is 55.6 Å². The largest absolute Gasteiger partial charge is 0.481 e. The molecule has 0 radical (unpaired) electrons. The van der Waals surface area contributed by atoms with Gasteiger partial charge in [-0.15, -0.1) is 0 Å².